The number of nitrogens with zero attached hydrogens (tertiary/aromatic N) is 1. The van der Waals surface area contributed by atoms with Crippen molar-refractivity contribution in [1.82, 2.24) is 4.90 Å². The second-order valence-corrected chi connectivity index (χ2v) is 6.91. The molecule has 0 aromatic rings. The summed E-state index contributed by atoms with van der Waals surface area (Å²) in [4.78, 5) is 13.3. The van der Waals surface area contributed by atoms with Crippen LogP contribution in [0.2, 0.25) is 0 Å². The Labute approximate surface area is 119 Å². The Morgan fingerprint density at radius 1 is 1.63 bits per heavy atom. The monoisotopic (exact) mass is 287 g/mol. The fraction of sp³-hybridized carbons (Fsp3) is 0.929. The van der Waals surface area contributed by atoms with E-state index in [0.717, 1.165) is 38.0 Å². The molecule has 0 bridgehead atoms. The van der Waals surface area contributed by atoms with Gasteiger partial charge in [0, 0.05) is 24.4 Å². The van der Waals surface area contributed by atoms with Gasteiger partial charge in [0.1, 0.15) is 0 Å². The molecule has 5 heteroatoms. The number of thioether (sulfide) groups is 1. The van der Waals surface area contributed by atoms with Crippen LogP contribution in [0.3, 0.4) is 0 Å². The molecule has 2 aliphatic rings. The zero-order valence-corrected chi connectivity index (χ0v) is 12.7. The van der Waals surface area contributed by atoms with Crippen molar-refractivity contribution in [1.29, 1.82) is 0 Å². The van der Waals surface area contributed by atoms with Crippen LogP contribution in [0.15, 0.2) is 0 Å². The fourth-order valence-corrected chi connectivity index (χ4v) is 4.56. The Morgan fingerprint density at radius 3 is 3.00 bits per heavy atom. The lowest BCUT2D eigenvalue weighted by Gasteiger charge is -2.44. The van der Waals surface area contributed by atoms with Crippen LogP contribution < -0.4 is 0 Å². The SMILES string of the molecule is CCC(C)N(CC(=O)O)C1CCOC2(CCSC2)C1. The highest BCUT2D eigenvalue weighted by Crippen LogP contribution is 2.39. The maximum Gasteiger partial charge on any atom is 0.317 e. The van der Waals surface area contributed by atoms with Gasteiger partial charge in [0.15, 0.2) is 0 Å². The van der Waals surface area contributed by atoms with Crippen molar-refractivity contribution in [2.24, 2.45) is 0 Å². The van der Waals surface area contributed by atoms with E-state index in [4.69, 9.17) is 9.84 Å². The van der Waals surface area contributed by atoms with Gasteiger partial charge in [-0.15, -0.1) is 0 Å². The molecule has 3 unspecified atom stereocenters. The smallest absolute Gasteiger partial charge is 0.317 e. The highest BCUT2D eigenvalue weighted by molar-refractivity contribution is 7.99. The summed E-state index contributed by atoms with van der Waals surface area (Å²) in [5.41, 5.74) is 0.0256. The van der Waals surface area contributed by atoms with E-state index >= 15 is 0 Å². The van der Waals surface area contributed by atoms with E-state index in [-0.39, 0.29) is 12.1 Å². The van der Waals surface area contributed by atoms with Crippen LogP contribution in [0.1, 0.15) is 39.5 Å². The van der Waals surface area contributed by atoms with Gasteiger partial charge in [-0.2, -0.15) is 11.8 Å². The van der Waals surface area contributed by atoms with Gasteiger partial charge in [0.2, 0.25) is 0 Å². The summed E-state index contributed by atoms with van der Waals surface area (Å²) in [6, 6.07) is 0.684. The number of ether oxygens (including phenoxy) is 1. The first-order valence-corrected chi connectivity index (χ1v) is 8.41. The number of carbonyl (C=O) groups is 1. The average molecular weight is 287 g/mol. The summed E-state index contributed by atoms with van der Waals surface area (Å²) in [5, 5.41) is 9.14. The van der Waals surface area contributed by atoms with Gasteiger partial charge < -0.3 is 9.84 Å². The van der Waals surface area contributed by atoms with Crippen LogP contribution in [0.4, 0.5) is 0 Å². The first kappa shape index (κ1) is 15.1. The second-order valence-electron chi connectivity index (χ2n) is 5.80. The van der Waals surface area contributed by atoms with E-state index in [1.165, 1.54) is 5.75 Å². The molecule has 4 nitrogen and oxygen atoms in total. The van der Waals surface area contributed by atoms with Crippen molar-refractivity contribution >= 4 is 17.7 Å². The minimum Gasteiger partial charge on any atom is -0.480 e. The van der Waals surface area contributed by atoms with Gasteiger partial charge in [-0.1, -0.05) is 6.92 Å². The van der Waals surface area contributed by atoms with E-state index in [1.54, 1.807) is 0 Å². The van der Waals surface area contributed by atoms with E-state index < -0.39 is 5.97 Å². The predicted octanol–water partition coefficient (Wildman–Crippen LogP) is 2.23. The van der Waals surface area contributed by atoms with Crippen molar-refractivity contribution in [3.8, 4) is 0 Å². The highest BCUT2D eigenvalue weighted by Gasteiger charge is 2.42. The highest BCUT2D eigenvalue weighted by atomic mass is 32.2. The first-order chi connectivity index (χ1) is 9.06. The molecule has 0 aliphatic carbocycles. The van der Waals surface area contributed by atoms with E-state index in [1.807, 2.05) is 11.8 Å². The van der Waals surface area contributed by atoms with Gasteiger partial charge in [0.05, 0.1) is 12.1 Å². The minimum absolute atomic E-state index is 0.0256. The molecule has 0 aromatic carbocycles. The maximum atomic E-state index is 11.1. The normalized spacial score (nSPS) is 32.9. The zero-order chi connectivity index (χ0) is 13.9. The van der Waals surface area contributed by atoms with Gasteiger partial charge in [-0.3, -0.25) is 9.69 Å². The first-order valence-electron chi connectivity index (χ1n) is 7.25. The van der Waals surface area contributed by atoms with Crippen molar-refractivity contribution in [3.05, 3.63) is 0 Å². The molecular weight excluding hydrogens is 262 g/mol. The van der Waals surface area contributed by atoms with E-state index in [2.05, 4.69) is 18.7 Å². The molecule has 2 heterocycles. The summed E-state index contributed by atoms with van der Waals surface area (Å²) < 4.78 is 6.03. The molecule has 1 spiro atoms. The van der Waals surface area contributed by atoms with Crippen molar-refractivity contribution in [2.45, 2.75) is 57.2 Å². The maximum absolute atomic E-state index is 11.1. The molecule has 2 rings (SSSR count). The number of rotatable bonds is 5. The standard InChI is InChI=1S/C14H25NO3S/c1-3-11(2)15(9-13(16)17)12-4-6-18-14(8-12)5-7-19-10-14/h11-12H,3-10H2,1-2H3,(H,16,17). The molecule has 2 fully saturated rings. The average Bonchev–Trinajstić information content (AvgIpc) is 2.83. The second kappa shape index (κ2) is 6.46. The lowest BCUT2D eigenvalue weighted by molar-refractivity contribution is -0.142. The van der Waals surface area contributed by atoms with E-state index in [0.29, 0.717) is 12.1 Å². The topological polar surface area (TPSA) is 49.8 Å². The van der Waals surface area contributed by atoms with Crippen LogP contribution >= 0.6 is 11.8 Å². The molecule has 2 saturated heterocycles. The number of aliphatic carboxylic acids is 1. The van der Waals surface area contributed by atoms with Crippen LogP contribution in [0.5, 0.6) is 0 Å². The molecule has 0 amide bonds. The lowest BCUT2D eigenvalue weighted by Crippen LogP contribution is -2.52. The third-order valence-corrected chi connectivity index (χ3v) is 5.70. The lowest BCUT2D eigenvalue weighted by atomic mass is 9.88. The summed E-state index contributed by atoms with van der Waals surface area (Å²) in [5.74, 6) is 1.53. The Hall–Kier alpha value is -0.260. The largest absolute Gasteiger partial charge is 0.480 e. The molecule has 2 aliphatic heterocycles. The fourth-order valence-electron chi connectivity index (χ4n) is 3.18. The predicted molar refractivity (Wildman–Crippen MR) is 77.7 cm³/mol. The zero-order valence-electron chi connectivity index (χ0n) is 11.9. The number of hydrogen-bond donors (Lipinski definition) is 1. The summed E-state index contributed by atoms with van der Waals surface area (Å²) in [6.07, 6.45) is 4.07. The number of carboxylic acid groups (broad SMARTS) is 1. The molecule has 1 N–H and O–H groups in total. The third-order valence-electron chi connectivity index (χ3n) is 4.48. The molecule has 110 valence electrons. The molecular formula is C14H25NO3S. The van der Waals surface area contributed by atoms with Crippen molar-refractivity contribution in [2.75, 3.05) is 24.7 Å². The van der Waals surface area contributed by atoms with Crippen LogP contribution in [-0.2, 0) is 9.53 Å². The van der Waals surface area contributed by atoms with Gasteiger partial charge in [-0.05, 0) is 38.4 Å². The van der Waals surface area contributed by atoms with Crippen LogP contribution in [0, 0.1) is 0 Å². The summed E-state index contributed by atoms with van der Waals surface area (Å²) in [6.45, 7) is 5.19. The van der Waals surface area contributed by atoms with Gasteiger partial charge in [0.25, 0.3) is 0 Å². The van der Waals surface area contributed by atoms with Gasteiger partial charge in [-0.25, -0.2) is 0 Å². The molecule has 0 saturated carbocycles. The molecule has 0 aromatic heterocycles. The molecule has 3 atom stereocenters. The summed E-state index contributed by atoms with van der Waals surface area (Å²) >= 11 is 1.96. The quantitative estimate of drug-likeness (QED) is 0.840. The third kappa shape index (κ3) is 3.64. The van der Waals surface area contributed by atoms with Crippen LogP contribution in [-0.4, -0.2) is 58.3 Å². The summed E-state index contributed by atoms with van der Waals surface area (Å²) in [7, 11) is 0. The minimum atomic E-state index is -0.721. The van der Waals surface area contributed by atoms with Crippen molar-refractivity contribution in [3.63, 3.8) is 0 Å². The van der Waals surface area contributed by atoms with Gasteiger partial charge >= 0.3 is 5.97 Å². The van der Waals surface area contributed by atoms with Crippen LogP contribution in [0.25, 0.3) is 0 Å². The molecule has 19 heavy (non-hydrogen) atoms. The number of hydrogen-bond acceptors (Lipinski definition) is 4. The Kier molecular flexibility index (Phi) is 5.15. The Morgan fingerprint density at radius 2 is 2.42 bits per heavy atom. The van der Waals surface area contributed by atoms with E-state index in [9.17, 15) is 4.79 Å². The Bertz CT molecular complexity index is 318. The molecule has 0 radical (unpaired) electrons. The van der Waals surface area contributed by atoms with Crippen molar-refractivity contribution < 1.29 is 14.6 Å². The Balaban J connectivity index is 2.05. The number of carboxylic acids is 1.